The van der Waals surface area contributed by atoms with Crippen LogP contribution in [0.1, 0.15) is 37.1 Å². The summed E-state index contributed by atoms with van der Waals surface area (Å²) in [5.74, 6) is 0.971. The van der Waals surface area contributed by atoms with Crippen molar-refractivity contribution in [3.05, 3.63) is 11.5 Å². The van der Waals surface area contributed by atoms with Crippen LogP contribution >= 0.6 is 0 Å². The highest BCUT2D eigenvalue weighted by molar-refractivity contribution is 7.89. The lowest BCUT2D eigenvalue weighted by molar-refractivity contribution is 0.0235. The van der Waals surface area contributed by atoms with E-state index in [9.17, 15) is 8.42 Å². The minimum absolute atomic E-state index is 0.114. The Balaban J connectivity index is 1.50. The number of aromatic nitrogens is 1. The average molecular weight is 369 g/mol. The van der Waals surface area contributed by atoms with Crippen LogP contribution in [-0.4, -0.2) is 67.7 Å². The van der Waals surface area contributed by atoms with E-state index < -0.39 is 10.0 Å². The third kappa shape index (κ3) is 3.13. The molecule has 7 nitrogen and oxygen atoms in total. The Morgan fingerprint density at radius 2 is 1.76 bits per heavy atom. The van der Waals surface area contributed by atoms with Gasteiger partial charge in [0, 0.05) is 31.7 Å². The number of morpholine rings is 1. The summed E-state index contributed by atoms with van der Waals surface area (Å²) >= 11 is 0. The van der Waals surface area contributed by atoms with Crippen LogP contribution in [0, 0.1) is 19.8 Å². The number of hydrogen-bond donors (Lipinski definition) is 0. The van der Waals surface area contributed by atoms with Crippen LogP contribution in [0.25, 0.3) is 0 Å². The highest BCUT2D eigenvalue weighted by Gasteiger charge is 2.48. The van der Waals surface area contributed by atoms with Gasteiger partial charge in [-0.15, -0.1) is 0 Å². The smallest absolute Gasteiger partial charge is 0.248 e. The molecule has 0 N–H and O–H groups in total. The number of piperidine rings is 1. The van der Waals surface area contributed by atoms with Gasteiger partial charge in [0.05, 0.1) is 13.2 Å². The lowest BCUT2D eigenvalue weighted by Crippen LogP contribution is -2.49. The maximum atomic E-state index is 13.2. The molecule has 3 aliphatic heterocycles. The molecule has 4 heterocycles. The normalized spacial score (nSPS) is 31.5. The second kappa shape index (κ2) is 6.64. The van der Waals surface area contributed by atoms with Crippen LogP contribution in [-0.2, 0) is 14.8 Å². The summed E-state index contributed by atoms with van der Waals surface area (Å²) < 4.78 is 38.8. The van der Waals surface area contributed by atoms with Crippen molar-refractivity contribution in [2.24, 2.45) is 5.92 Å². The van der Waals surface area contributed by atoms with Gasteiger partial charge in [-0.25, -0.2) is 8.42 Å². The van der Waals surface area contributed by atoms with Gasteiger partial charge in [0.2, 0.25) is 10.0 Å². The van der Waals surface area contributed by atoms with Gasteiger partial charge >= 0.3 is 0 Å². The number of hydrogen-bond acceptors (Lipinski definition) is 6. The summed E-state index contributed by atoms with van der Waals surface area (Å²) in [4.78, 5) is 2.74. The number of sulfonamides is 1. The fourth-order valence-electron chi connectivity index (χ4n) is 4.89. The maximum Gasteiger partial charge on any atom is 0.248 e. The molecule has 1 aromatic heterocycles. The Morgan fingerprint density at radius 3 is 2.32 bits per heavy atom. The monoisotopic (exact) mass is 369 g/mol. The SMILES string of the molecule is Cc1noc(C)c1S(=O)(=O)N1C2CCC1CC(CN1CCOCC1)C2. The Hall–Kier alpha value is -0.960. The maximum absolute atomic E-state index is 13.2. The highest BCUT2D eigenvalue weighted by Crippen LogP contribution is 2.43. The number of aryl methyl sites for hydroxylation is 2. The standard InChI is InChI=1S/C17H27N3O4S/c1-12-17(13(2)24-18-12)25(21,22)20-15-3-4-16(20)10-14(9-15)11-19-5-7-23-8-6-19/h14-16H,3-11H2,1-2H3. The largest absolute Gasteiger partial charge is 0.379 e. The molecule has 8 heteroatoms. The van der Waals surface area contributed by atoms with Crippen molar-refractivity contribution >= 4 is 10.0 Å². The molecule has 2 atom stereocenters. The first-order valence-electron chi connectivity index (χ1n) is 9.23. The molecule has 0 amide bonds. The molecule has 2 bridgehead atoms. The molecule has 0 saturated carbocycles. The summed E-state index contributed by atoms with van der Waals surface area (Å²) in [5.41, 5.74) is 0.465. The molecular formula is C17H27N3O4S. The summed E-state index contributed by atoms with van der Waals surface area (Å²) in [5, 5.41) is 3.84. The van der Waals surface area contributed by atoms with E-state index in [1.165, 1.54) is 0 Å². The molecule has 1 aromatic rings. The van der Waals surface area contributed by atoms with Crippen LogP contribution in [0.4, 0.5) is 0 Å². The van der Waals surface area contributed by atoms with Crippen LogP contribution in [0.15, 0.2) is 9.42 Å². The average Bonchev–Trinajstić information content (AvgIpc) is 3.06. The Morgan fingerprint density at radius 1 is 1.12 bits per heavy atom. The Kier molecular flexibility index (Phi) is 4.64. The summed E-state index contributed by atoms with van der Waals surface area (Å²) in [7, 11) is -3.53. The Labute approximate surface area is 149 Å². The summed E-state index contributed by atoms with van der Waals surface area (Å²) in [6.45, 7) is 8.06. The molecule has 0 aliphatic carbocycles. The number of nitrogens with zero attached hydrogens (tertiary/aromatic N) is 3. The zero-order chi connectivity index (χ0) is 17.6. The van der Waals surface area contributed by atoms with E-state index in [1.54, 1.807) is 18.2 Å². The molecule has 2 unspecified atom stereocenters. The van der Waals surface area contributed by atoms with Crippen molar-refractivity contribution < 1.29 is 17.7 Å². The third-order valence-corrected chi connectivity index (χ3v) is 8.14. The van der Waals surface area contributed by atoms with Crippen LogP contribution in [0.5, 0.6) is 0 Å². The van der Waals surface area contributed by atoms with Gasteiger partial charge in [-0.2, -0.15) is 4.31 Å². The third-order valence-electron chi connectivity index (χ3n) is 5.89. The molecule has 0 aromatic carbocycles. The Bertz CT molecular complexity index is 693. The fourth-order valence-corrected chi connectivity index (χ4v) is 7.08. The lowest BCUT2D eigenvalue weighted by Gasteiger charge is -2.40. The van der Waals surface area contributed by atoms with Crippen molar-refractivity contribution in [2.75, 3.05) is 32.8 Å². The van der Waals surface area contributed by atoms with E-state index in [0.29, 0.717) is 17.4 Å². The van der Waals surface area contributed by atoms with Crippen LogP contribution in [0.2, 0.25) is 0 Å². The highest BCUT2D eigenvalue weighted by atomic mass is 32.2. The van der Waals surface area contributed by atoms with Crippen molar-refractivity contribution in [1.82, 2.24) is 14.4 Å². The van der Waals surface area contributed by atoms with Crippen LogP contribution in [0.3, 0.4) is 0 Å². The quantitative estimate of drug-likeness (QED) is 0.802. The molecule has 3 aliphatic rings. The lowest BCUT2D eigenvalue weighted by atomic mass is 9.92. The topological polar surface area (TPSA) is 75.9 Å². The minimum Gasteiger partial charge on any atom is -0.379 e. The van der Waals surface area contributed by atoms with Gasteiger partial charge in [0.15, 0.2) is 5.76 Å². The zero-order valence-electron chi connectivity index (χ0n) is 15.0. The van der Waals surface area contributed by atoms with Crippen LogP contribution < -0.4 is 0 Å². The van der Waals surface area contributed by atoms with Gasteiger partial charge in [-0.1, -0.05) is 5.16 Å². The first-order chi connectivity index (χ1) is 12.0. The second-order valence-electron chi connectivity index (χ2n) is 7.62. The van der Waals surface area contributed by atoms with E-state index in [2.05, 4.69) is 10.1 Å². The minimum atomic E-state index is -3.53. The van der Waals surface area contributed by atoms with Gasteiger partial charge < -0.3 is 9.26 Å². The van der Waals surface area contributed by atoms with Crippen molar-refractivity contribution in [3.63, 3.8) is 0 Å². The molecule has 140 valence electrons. The first kappa shape index (κ1) is 17.5. The summed E-state index contributed by atoms with van der Waals surface area (Å²) in [6, 6.07) is 0.229. The molecule has 25 heavy (non-hydrogen) atoms. The molecule has 3 fully saturated rings. The van der Waals surface area contributed by atoms with Crippen molar-refractivity contribution in [2.45, 2.75) is 56.5 Å². The van der Waals surface area contributed by atoms with Crippen molar-refractivity contribution in [1.29, 1.82) is 0 Å². The predicted molar refractivity (Wildman–Crippen MR) is 91.8 cm³/mol. The predicted octanol–water partition coefficient (Wildman–Crippen LogP) is 1.56. The summed E-state index contributed by atoms with van der Waals surface area (Å²) in [6.07, 6.45) is 3.84. The van der Waals surface area contributed by atoms with E-state index in [-0.39, 0.29) is 17.0 Å². The van der Waals surface area contributed by atoms with Gasteiger partial charge in [0.1, 0.15) is 10.6 Å². The van der Waals surface area contributed by atoms with E-state index >= 15 is 0 Å². The van der Waals surface area contributed by atoms with Gasteiger partial charge in [-0.3, -0.25) is 4.90 Å². The number of ether oxygens (including phenoxy) is 1. The fraction of sp³-hybridized carbons (Fsp3) is 0.824. The number of rotatable bonds is 4. The van der Waals surface area contributed by atoms with Gasteiger partial charge in [-0.05, 0) is 45.4 Å². The molecule has 0 radical (unpaired) electrons. The number of fused-ring (bicyclic) bond motifs is 2. The van der Waals surface area contributed by atoms with Crippen molar-refractivity contribution in [3.8, 4) is 0 Å². The van der Waals surface area contributed by atoms with Gasteiger partial charge in [0.25, 0.3) is 0 Å². The first-order valence-corrected chi connectivity index (χ1v) is 10.7. The van der Waals surface area contributed by atoms with E-state index in [4.69, 9.17) is 9.26 Å². The molecule has 0 spiro atoms. The molecule has 4 rings (SSSR count). The molecule has 3 saturated heterocycles. The zero-order valence-corrected chi connectivity index (χ0v) is 15.8. The molecular weight excluding hydrogens is 342 g/mol. The van der Waals surface area contributed by atoms with E-state index in [0.717, 1.165) is 58.5 Å². The van der Waals surface area contributed by atoms with E-state index in [1.807, 2.05) is 0 Å². The second-order valence-corrected chi connectivity index (χ2v) is 9.40.